The Morgan fingerprint density at radius 2 is 2.24 bits per heavy atom. The second kappa shape index (κ2) is 4.46. The van der Waals surface area contributed by atoms with E-state index in [1.807, 2.05) is 6.07 Å². The average molecular weight is 232 g/mol. The van der Waals surface area contributed by atoms with Crippen molar-refractivity contribution in [2.24, 2.45) is 5.41 Å². The van der Waals surface area contributed by atoms with Gasteiger partial charge < -0.3 is 0 Å². The van der Waals surface area contributed by atoms with Crippen LogP contribution in [0.3, 0.4) is 0 Å². The van der Waals surface area contributed by atoms with Crippen molar-refractivity contribution in [1.82, 2.24) is 4.90 Å². The van der Waals surface area contributed by atoms with Gasteiger partial charge in [0.1, 0.15) is 11.9 Å². The molecule has 1 aromatic carbocycles. The molecule has 0 unspecified atom stereocenters. The topological polar surface area (TPSA) is 27.0 Å². The highest BCUT2D eigenvalue weighted by molar-refractivity contribution is 5.34. The maximum atomic E-state index is 13.9. The fraction of sp³-hybridized carbons (Fsp3) is 0.500. The molecule has 1 aromatic rings. The lowest BCUT2D eigenvalue weighted by Crippen LogP contribution is -2.23. The lowest BCUT2D eigenvalue weighted by atomic mass is 9.93. The molecule has 1 heterocycles. The summed E-state index contributed by atoms with van der Waals surface area (Å²) in [6.45, 7) is 7.06. The number of hydrogen-bond donors (Lipinski definition) is 0. The minimum Gasteiger partial charge on any atom is -0.298 e. The molecule has 3 heteroatoms. The first kappa shape index (κ1) is 12.1. The van der Waals surface area contributed by atoms with Gasteiger partial charge in [-0.05, 0) is 24.4 Å². The fourth-order valence-electron chi connectivity index (χ4n) is 2.39. The third-order valence-corrected chi connectivity index (χ3v) is 3.35. The lowest BCUT2D eigenvalue weighted by molar-refractivity contribution is 0.281. The quantitative estimate of drug-likeness (QED) is 0.784. The number of nitriles is 1. The van der Waals surface area contributed by atoms with Crippen molar-refractivity contribution in [1.29, 1.82) is 5.26 Å². The molecule has 1 fully saturated rings. The van der Waals surface area contributed by atoms with Crippen molar-refractivity contribution in [3.8, 4) is 6.07 Å². The maximum absolute atomic E-state index is 13.9. The number of halogens is 1. The summed E-state index contributed by atoms with van der Waals surface area (Å²) in [5.74, 6) is -0.361. The Morgan fingerprint density at radius 1 is 1.47 bits per heavy atom. The Hall–Kier alpha value is -1.40. The van der Waals surface area contributed by atoms with Crippen molar-refractivity contribution in [3.05, 3.63) is 35.1 Å². The molecule has 1 aliphatic heterocycles. The van der Waals surface area contributed by atoms with Crippen molar-refractivity contribution in [3.63, 3.8) is 0 Å². The highest BCUT2D eigenvalue weighted by Crippen LogP contribution is 2.30. The highest BCUT2D eigenvalue weighted by Gasteiger charge is 2.29. The molecule has 90 valence electrons. The smallest absolute Gasteiger partial charge is 0.145 e. The van der Waals surface area contributed by atoms with Gasteiger partial charge in [-0.1, -0.05) is 26.0 Å². The first-order chi connectivity index (χ1) is 8.02. The van der Waals surface area contributed by atoms with Gasteiger partial charge in [-0.15, -0.1) is 0 Å². The predicted molar refractivity (Wildman–Crippen MR) is 64.8 cm³/mol. The highest BCUT2D eigenvalue weighted by atomic mass is 19.1. The normalized spacial score (nSPS) is 19.2. The van der Waals surface area contributed by atoms with E-state index in [2.05, 4.69) is 18.7 Å². The predicted octanol–water partition coefficient (Wildman–Crippen LogP) is 2.93. The van der Waals surface area contributed by atoms with Gasteiger partial charge in [0, 0.05) is 18.7 Å². The van der Waals surface area contributed by atoms with Crippen molar-refractivity contribution in [2.45, 2.75) is 26.8 Å². The summed E-state index contributed by atoms with van der Waals surface area (Å²) in [6, 6.07) is 6.92. The van der Waals surface area contributed by atoms with Crippen LogP contribution in [0.2, 0.25) is 0 Å². The van der Waals surface area contributed by atoms with E-state index in [0.717, 1.165) is 19.5 Å². The number of hydrogen-bond acceptors (Lipinski definition) is 2. The molecular formula is C14H17FN2. The van der Waals surface area contributed by atoms with Crippen LogP contribution in [0.15, 0.2) is 18.2 Å². The molecule has 0 aromatic heterocycles. The van der Waals surface area contributed by atoms with Gasteiger partial charge in [-0.25, -0.2) is 4.39 Å². The minimum absolute atomic E-state index is 0.140. The third-order valence-electron chi connectivity index (χ3n) is 3.35. The van der Waals surface area contributed by atoms with Gasteiger partial charge in [0.05, 0.1) is 5.56 Å². The first-order valence-electron chi connectivity index (χ1n) is 5.92. The van der Waals surface area contributed by atoms with Crippen LogP contribution in [-0.2, 0) is 6.54 Å². The van der Waals surface area contributed by atoms with Gasteiger partial charge >= 0.3 is 0 Å². The average Bonchev–Trinajstić information content (AvgIpc) is 2.61. The molecule has 0 aliphatic carbocycles. The van der Waals surface area contributed by atoms with E-state index in [9.17, 15) is 4.39 Å². The van der Waals surface area contributed by atoms with Gasteiger partial charge in [0.2, 0.25) is 0 Å². The Balaban J connectivity index is 2.13. The third kappa shape index (κ3) is 2.65. The van der Waals surface area contributed by atoms with E-state index in [-0.39, 0.29) is 11.4 Å². The Labute approximate surface area is 102 Å². The first-order valence-corrected chi connectivity index (χ1v) is 5.92. The van der Waals surface area contributed by atoms with Crippen LogP contribution in [0.4, 0.5) is 4.39 Å². The van der Waals surface area contributed by atoms with Crippen LogP contribution >= 0.6 is 0 Å². The van der Waals surface area contributed by atoms with Crippen LogP contribution in [0.25, 0.3) is 0 Å². The summed E-state index contributed by atoms with van der Waals surface area (Å²) in [4.78, 5) is 2.25. The second-order valence-corrected chi connectivity index (χ2v) is 5.52. The summed E-state index contributed by atoms with van der Waals surface area (Å²) in [5, 5.41) is 8.78. The van der Waals surface area contributed by atoms with E-state index < -0.39 is 0 Å². The molecule has 0 bridgehead atoms. The van der Waals surface area contributed by atoms with E-state index >= 15 is 0 Å². The number of likely N-dealkylation sites (tertiary alicyclic amines) is 1. The SMILES string of the molecule is CC1(C)CCN(Cc2cccc(C#N)c2F)C1. The summed E-state index contributed by atoms with van der Waals surface area (Å²) in [7, 11) is 0. The van der Waals surface area contributed by atoms with Gasteiger partial charge in [0.15, 0.2) is 0 Å². The zero-order chi connectivity index (χ0) is 12.5. The molecule has 2 nitrogen and oxygen atoms in total. The maximum Gasteiger partial charge on any atom is 0.145 e. The molecule has 0 spiro atoms. The van der Waals surface area contributed by atoms with Crippen LogP contribution in [0.5, 0.6) is 0 Å². The molecule has 17 heavy (non-hydrogen) atoms. The van der Waals surface area contributed by atoms with Crippen molar-refractivity contribution < 1.29 is 4.39 Å². The summed E-state index contributed by atoms with van der Waals surface area (Å²) >= 11 is 0. The van der Waals surface area contributed by atoms with Gasteiger partial charge in [-0.2, -0.15) is 5.26 Å². The van der Waals surface area contributed by atoms with Crippen LogP contribution < -0.4 is 0 Å². The van der Waals surface area contributed by atoms with Crippen LogP contribution in [0, 0.1) is 22.6 Å². The standard InChI is InChI=1S/C14H17FN2/c1-14(2)6-7-17(10-14)9-12-5-3-4-11(8-16)13(12)15/h3-5H,6-7,9-10H2,1-2H3. The zero-order valence-electron chi connectivity index (χ0n) is 10.3. The minimum atomic E-state index is -0.361. The molecule has 1 aliphatic rings. The van der Waals surface area contributed by atoms with E-state index in [0.29, 0.717) is 17.5 Å². The van der Waals surface area contributed by atoms with Crippen LogP contribution in [0.1, 0.15) is 31.4 Å². The summed E-state index contributed by atoms with van der Waals surface area (Å²) in [6.07, 6.45) is 1.15. The summed E-state index contributed by atoms with van der Waals surface area (Å²) in [5.41, 5.74) is 1.09. The summed E-state index contributed by atoms with van der Waals surface area (Å²) < 4.78 is 13.9. The Kier molecular flexibility index (Phi) is 3.17. The fourth-order valence-corrected chi connectivity index (χ4v) is 2.39. The Bertz CT molecular complexity index is 460. The van der Waals surface area contributed by atoms with Gasteiger partial charge in [-0.3, -0.25) is 4.90 Å². The number of rotatable bonds is 2. The van der Waals surface area contributed by atoms with Crippen molar-refractivity contribution in [2.75, 3.05) is 13.1 Å². The monoisotopic (exact) mass is 232 g/mol. The van der Waals surface area contributed by atoms with E-state index in [1.165, 1.54) is 6.07 Å². The van der Waals surface area contributed by atoms with E-state index in [1.54, 1.807) is 12.1 Å². The van der Waals surface area contributed by atoms with E-state index in [4.69, 9.17) is 5.26 Å². The van der Waals surface area contributed by atoms with Crippen LogP contribution in [-0.4, -0.2) is 18.0 Å². The number of nitrogens with zero attached hydrogens (tertiary/aromatic N) is 2. The van der Waals surface area contributed by atoms with Gasteiger partial charge in [0.25, 0.3) is 0 Å². The second-order valence-electron chi connectivity index (χ2n) is 5.52. The molecule has 2 rings (SSSR count). The molecule has 0 N–H and O–H groups in total. The van der Waals surface area contributed by atoms with Crippen molar-refractivity contribution >= 4 is 0 Å². The largest absolute Gasteiger partial charge is 0.298 e. The molecule has 0 amide bonds. The molecule has 1 saturated heterocycles. The molecule has 0 saturated carbocycles. The molecule has 0 radical (unpaired) electrons. The lowest BCUT2D eigenvalue weighted by Gasteiger charge is -2.20. The zero-order valence-corrected chi connectivity index (χ0v) is 10.3. The Morgan fingerprint density at radius 3 is 2.82 bits per heavy atom. The number of benzene rings is 1. The molecule has 0 atom stereocenters. The molecular weight excluding hydrogens is 215 g/mol.